The summed E-state index contributed by atoms with van der Waals surface area (Å²) in [6, 6.07) is 13.7. The lowest BCUT2D eigenvalue weighted by Gasteiger charge is -2.34. The van der Waals surface area contributed by atoms with Gasteiger partial charge >= 0.3 is 6.03 Å². The number of nitrogens with one attached hydrogen (secondary N) is 1. The summed E-state index contributed by atoms with van der Waals surface area (Å²) >= 11 is 3.41. The van der Waals surface area contributed by atoms with Crippen molar-refractivity contribution in [1.29, 1.82) is 0 Å². The third-order valence-corrected chi connectivity index (χ3v) is 6.99. The maximum Gasteiger partial charge on any atom is 0.317 e. The van der Waals surface area contributed by atoms with E-state index in [9.17, 15) is 13.2 Å². The Bertz CT molecular complexity index is 929. The SMILES string of the molecule is COc1ccc(Br)cc1CNC(=O)N1CCN(S(=O)(=O)c2ccccc2)CC1. The molecule has 0 unspecified atom stereocenters. The van der Waals surface area contributed by atoms with Gasteiger partial charge in [0, 0.05) is 42.8 Å². The van der Waals surface area contributed by atoms with Crippen LogP contribution in [0.15, 0.2) is 57.9 Å². The molecule has 2 amide bonds. The van der Waals surface area contributed by atoms with Gasteiger partial charge in [-0.1, -0.05) is 34.1 Å². The molecule has 1 heterocycles. The minimum atomic E-state index is -3.53. The number of methoxy groups -OCH3 is 1. The Morgan fingerprint density at radius 3 is 2.43 bits per heavy atom. The first-order valence-corrected chi connectivity index (χ1v) is 11.1. The van der Waals surface area contributed by atoms with Crippen LogP contribution in [-0.4, -0.2) is 56.9 Å². The number of hydrogen-bond donors (Lipinski definition) is 1. The molecule has 1 aliphatic rings. The molecule has 150 valence electrons. The number of carbonyl (C=O) groups excluding carboxylic acids is 1. The first kappa shape index (κ1) is 20.6. The Balaban J connectivity index is 1.56. The van der Waals surface area contributed by atoms with Crippen molar-refractivity contribution in [2.75, 3.05) is 33.3 Å². The number of sulfonamides is 1. The van der Waals surface area contributed by atoms with E-state index in [1.165, 1.54) is 4.31 Å². The minimum Gasteiger partial charge on any atom is -0.496 e. The Morgan fingerprint density at radius 1 is 1.11 bits per heavy atom. The van der Waals surface area contributed by atoms with Gasteiger partial charge in [-0.3, -0.25) is 0 Å². The Morgan fingerprint density at radius 2 is 1.79 bits per heavy atom. The summed E-state index contributed by atoms with van der Waals surface area (Å²) in [4.78, 5) is 14.4. The average Bonchev–Trinajstić information content (AvgIpc) is 2.73. The van der Waals surface area contributed by atoms with E-state index in [2.05, 4.69) is 21.2 Å². The number of piperazine rings is 1. The van der Waals surface area contributed by atoms with Crippen molar-refractivity contribution in [1.82, 2.24) is 14.5 Å². The van der Waals surface area contributed by atoms with Crippen LogP contribution >= 0.6 is 15.9 Å². The number of ether oxygens (including phenoxy) is 1. The molecular formula is C19H22BrN3O4S. The van der Waals surface area contributed by atoms with Gasteiger partial charge in [-0.25, -0.2) is 13.2 Å². The third-order valence-electron chi connectivity index (χ3n) is 4.58. The van der Waals surface area contributed by atoms with Crippen LogP contribution in [0.3, 0.4) is 0 Å². The largest absolute Gasteiger partial charge is 0.496 e. The van der Waals surface area contributed by atoms with E-state index in [-0.39, 0.29) is 24.0 Å². The molecule has 0 atom stereocenters. The first-order valence-electron chi connectivity index (χ1n) is 8.82. The Hall–Kier alpha value is -2.10. The summed E-state index contributed by atoms with van der Waals surface area (Å²) in [6.45, 7) is 1.54. The normalized spacial score (nSPS) is 15.3. The number of hydrogen-bond acceptors (Lipinski definition) is 4. The molecule has 28 heavy (non-hydrogen) atoms. The highest BCUT2D eigenvalue weighted by atomic mass is 79.9. The highest BCUT2D eigenvalue weighted by Gasteiger charge is 2.29. The minimum absolute atomic E-state index is 0.223. The summed E-state index contributed by atoms with van der Waals surface area (Å²) in [5.74, 6) is 0.697. The molecule has 1 saturated heterocycles. The van der Waals surface area contributed by atoms with Gasteiger partial charge in [-0.05, 0) is 30.3 Å². The van der Waals surface area contributed by atoms with Crippen molar-refractivity contribution in [2.24, 2.45) is 0 Å². The number of nitrogens with zero attached hydrogens (tertiary/aromatic N) is 2. The first-order chi connectivity index (χ1) is 13.4. The van der Waals surface area contributed by atoms with Crippen LogP contribution in [-0.2, 0) is 16.6 Å². The van der Waals surface area contributed by atoms with Crippen molar-refractivity contribution in [3.8, 4) is 5.75 Å². The molecule has 2 aromatic carbocycles. The molecule has 1 aliphatic heterocycles. The molecule has 3 rings (SSSR count). The molecule has 0 saturated carbocycles. The maximum absolute atomic E-state index is 12.7. The van der Waals surface area contributed by atoms with Gasteiger partial charge in [-0.15, -0.1) is 0 Å². The monoisotopic (exact) mass is 467 g/mol. The second-order valence-corrected chi connectivity index (χ2v) is 9.17. The molecular weight excluding hydrogens is 446 g/mol. The van der Waals surface area contributed by atoms with Gasteiger partial charge in [0.1, 0.15) is 5.75 Å². The van der Waals surface area contributed by atoms with Crippen LogP contribution in [0.1, 0.15) is 5.56 Å². The molecule has 1 fully saturated rings. The topological polar surface area (TPSA) is 79.0 Å². The third kappa shape index (κ3) is 4.65. The van der Waals surface area contributed by atoms with Crippen LogP contribution in [0.5, 0.6) is 5.75 Å². The zero-order valence-electron chi connectivity index (χ0n) is 15.5. The number of rotatable bonds is 5. The summed E-state index contributed by atoms with van der Waals surface area (Å²) < 4.78 is 33.0. The Kier molecular flexibility index (Phi) is 6.58. The molecule has 0 aromatic heterocycles. The summed E-state index contributed by atoms with van der Waals surface area (Å²) in [5, 5.41) is 2.87. The summed E-state index contributed by atoms with van der Waals surface area (Å²) in [6.07, 6.45) is 0. The predicted molar refractivity (Wildman–Crippen MR) is 110 cm³/mol. The van der Waals surface area contributed by atoms with Crippen LogP contribution in [0.25, 0.3) is 0 Å². The quantitative estimate of drug-likeness (QED) is 0.732. The van der Waals surface area contributed by atoms with Gasteiger partial charge < -0.3 is 15.0 Å². The van der Waals surface area contributed by atoms with Crippen LogP contribution in [0, 0.1) is 0 Å². The van der Waals surface area contributed by atoms with Crippen LogP contribution < -0.4 is 10.1 Å². The fourth-order valence-electron chi connectivity index (χ4n) is 3.04. The lowest BCUT2D eigenvalue weighted by molar-refractivity contribution is 0.172. The number of amides is 2. The predicted octanol–water partition coefficient (Wildman–Crippen LogP) is 2.67. The number of halogens is 1. The van der Waals surface area contributed by atoms with Crippen molar-refractivity contribution >= 4 is 32.0 Å². The van der Waals surface area contributed by atoms with Gasteiger partial charge in [0.25, 0.3) is 0 Å². The lowest BCUT2D eigenvalue weighted by Crippen LogP contribution is -2.52. The summed E-state index contributed by atoms with van der Waals surface area (Å²) in [5.41, 5.74) is 0.857. The van der Waals surface area contributed by atoms with Crippen molar-refractivity contribution in [3.63, 3.8) is 0 Å². The highest BCUT2D eigenvalue weighted by molar-refractivity contribution is 9.10. The van der Waals surface area contributed by atoms with E-state index >= 15 is 0 Å². The van der Waals surface area contributed by atoms with E-state index in [1.54, 1.807) is 42.3 Å². The van der Waals surface area contributed by atoms with Gasteiger partial charge in [0.15, 0.2) is 0 Å². The smallest absolute Gasteiger partial charge is 0.317 e. The highest BCUT2D eigenvalue weighted by Crippen LogP contribution is 2.23. The molecule has 0 spiro atoms. The van der Waals surface area contributed by atoms with Crippen LogP contribution in [0.2, 0.25) is 0 Å². The van der Waals surface area contributed by atoms with E-state index < -0.39 is 10.0 Å². The molecule has 0 aliphatic carbocycles. The molecule has 0 bridgehead atoms. The molecule has 0 radical (unpaired) electrons. The number of carbonyl (C=O) groups is 1. The summed E-state index contributed by atoms with van der Waals surface area (Å²) in [7, 11) is -1.94. The van der Waals surface area contributed by atoms with Crippen molar-refractivity contribution < 1.29 is 17.9 Å². The second-order valence-electron chi connectivity index (χ2n) is 6.32. The fourth-order valence-corrected chi connectivity index (χ4v) is 4.89. The van der Waals surface area contributed by atoms with Gasteiger partial charge in [-0.2, -0.15) is 4.31 Å². The average molecular weight is 468 g/mol. The molecule has 9 heteroatoms. The lowest BCUT2D eigenvalue weighted by atomic mass is 10.2. The Labute approximate surface area is 173 Å². The van der Waals surface area contributed by atoms with Crippen LogP contribution in [0.4, 0.5) is 4.79 Å². The standard InChI is InChI=1S/C19H22BrN3O4S/c1-27-18-8-7-16(20)13-15(18)14-21-19(24)22-9-11-23(12-10-22)28(25,26)17-5-3-2-4-6-17/h2-8,13H,9-12,14H2,1H3,(H,21,24). The van der Waals surface area contributed by atoms with E-state index in [0.717, 1.165) is 10.0 Å². The van der Waals surface area contributed by atoms with E-state index in [1.807, 2.05) is 18.2 Å². The number of urea groups is 1. The number of benzene rings is 2. The molecule has 2 aromatic rings. The maximum atomic E-state index is 12.7. The van der Waals surface area contributed by atoms with E-state index in [0.29, 0.717) is 25.4 Å². The van der Waals surface area contributed by atoms with Gasteiger partial charge in [0.2, 0.25) is 10.0 Å². The van der Waals surface area contributed by atoms with Gasteiger partial charge in [0.05, 0.1) is 12.0 Å². The zero-order valence-corrected chi connectivity index (χ0v) is 17.9. The fraction of sp³-hybridized carbons (Fsp3) is 0.316. The second kappa shape index (κ2) is 8.93. The zero-order chi connectivity index (χ0) is 20.1. The molecule has 7 nitrogen and oxygen atoms in total. The molecule has 1 N–H and O–H groups in total. The van der Waals surface area contributed by atoms with E-state index in [4.69, 9.17) is 4.74 Å². The van der Waals surface area contributed by atoms with Crippen molar-refractivity contribution in [3.05, 3.63) is 58.6 Å². The van der Waals surface area contributed by atoms with Crippen molar-refractivity contribution in [2.45, 2.75) is 11.4 Å².